The molecule has 0 atom stereocenters. The minimum atomic E-state index is -3.57. The quantitative estimate of drug-likeness (QED) is 0.565. The fourth-order valence-corrected chi connectivity index (χ4v) is 5.94. The number of amides is 1. The predicted octanol–water partition coefficient (Wildman–Crippen LogP) is 4.90. The molecule has 5 rings (SSSR count). The smallest absolute Gasteiger partial charge is 0.262 e. The summed E-state index contributed by atoms with van der Waals surface area (Å²) in [5, 5.41) is 0. The van der Waals surface area contributed by atoms with Gasteiger partial charge in [-0.2, -0.15) is 0 Å². The van der Waals surface area contributed by atoms with Crippen LogP contribution in [0, 0.1) is 0 Å². The molecule has 6 nitrogen and oxygen atoms in total. The number of benzene rings is 3. The number of rotatable bonds is 6. The van der Waals surface area contributed by atoms with Crippen molar-refractivity contribution in [1.82, 2.24) is 4.72 Å². The minimum absolute atomic E-state index is 0.0162. The van der Waals surface area contributed by atoms with Crippen LogP contribution in [0.2, 0.25) is 0 Å². The third kappa shape index (κ3) is 4.51. The van der Waals surface area contributed by atoms with Gasteiger partial charge in [0.05, 0.1) is 10.5 Å². The Morgan fingerprint density at radius 2 is 1.67 bits per heavy atom. The third-order valence-corrected chi connectivity index (χ3v) is 7.79. The van der Waals surface area contributed by atoms with Crippen LogP contribution in [-0.4, -0.2) is 26.9 Å². The number of nitrogens with zero attached hydrogens (tertiary/aromatic N) is 1. The van der Waals surface area contributed by atoms with Crippen molar-refractivity contribution in [3.63, 3.8) is 0 Å². The lowest BCUT2D eigenvalue weighted by molar-refractivity contribution is 0.0987. The Morgan fingerprint density at radius 3 is 2.45 bits per heavy atom. The van der Waals surface area contributed by atoms with Crippen molar-refractivity contribution < 1.29 is 17.9 Å². The second-order valence-electron chi connectivity index (χ2n) is 8.51. The lowest BCUT2D eigenvalue weighted by Gasteiger charge is -2.20. The summed E-state index contributed by atoms with van der Waals surface area (Å²) < 4.78 is 34.5. The van der Waals surface area contributed by atoms with Crippen molar-refractivity contribution in [2.75, 3.05) is 11.4 Å². The van der Waals surface area contributed by atoms with E-state index in [2.05, 4.69) is 4.72 Å². The summed E-state index contributed by atoms with van der Waals surface area (Å²) in [6.45, 7) is 0.493. The van der Waals surface area contributed by atoms with E-state index in [-0.39, 0.29) is 16.8 Å². The third-order valence-electron chi connectivity index (χ3n) is 6.27. The molecule has 0 saturated heterocycles. The first-order chi connectivity index (χ1) is 16.0. The molecule has 1 amide bonds. The molecule has 0 unspecified atom stereocenters. The number of ether oxygens (including phenoxy) is 1. The molecular weight excluding hydrogens is 436 g/mol. The maximum atomic E-state index is 13.4. The van der Waals surface area contributed by atoms with E-state index in [1.54, 1.807) is 35.2 Å². The Kier molecular flexibility index (Phi) is 5.91. The average molecular weight is 463 g/mol. The molecule has 0 aromatic heterocycles. The molecule has 0 radical (unpaired) electrons. The summed E-state index contributed by atoms with van der Waals surface area (Å²) in [5.74, 6) is 0.978. The lowest BCUT2D eigenvalue weighted by Crippen LogP contribution is -2.32. The van der Waals surface area contributed by atoms with E-state index >= 15 is 0 Å². The number of sulfonamides is 1. The highest BCUT2D eigenvalue weighted by Crippen LogP contribution is 2.34. The topological polar surface area (TPSA) is 75.7 Å². The maximum absolute atomic E-state index is 13.4. The van der Waals surface area contributed by atoms with Crippen LogP contribution in [0.3, 0.4) is 0 Å². The Morgan fingerprint density at radius 1 is 0.939 bits per heavy atom. The fourth-order valence-electron chi connectivity index (χ4n) is 4.58. The van der Waals surface area contributed by atoms with Gasteiger partial charge in [-0.05, 0) is 67.3 Å². The first-order valence-electron chi connectivity index (χ1n) is 11.3. The van der Waals surface area contributed by atoms with Crippen molar-refractivity contribution >= 4 is 21.6 Å². The monoisotopic (exact) mass is 462 g/mol. The van der Waals surface area contributed by atoms with Gasteiger partial charge in [0, 0.05) is 18.3 Å². The largest absolute Gasteiger partial charge is 0.457 e. The number of carbonyl (C=O) groups excluding carboxylic acids is 1. The molecular formula is C26H26N2O4S. The normalized spacial score (nSPS) is 16.1. The molecule has 3 aromatic carbocycles. The van der Waals surface area contributed by atoms with Gasteiger partial charge in [-0.25, -0.2) is 13.1 Å². The molecule has 33 heavy (non-hydrogen) atoms. The van der Waals surface area contributed by atoms with Crippen molar-refractivity contribution in [3.8, 4) is 11.5 Å². The van der Waals surface area contributed by atoms with Crippen molar-refractivity contribution in [1.29, 1.82) is 0 Å². The highest BCUT2D eigenvalue weighted by molar-refractivity contribution is 7.89. The summed E-state index contributed by atoms with van der Waals surface area (Å²) in [6, 6.07) is 21.6. The van der Waals surface area contributed by atoms with Gasteiger partial charge in [0.2, 0.25) is 10.0 Å². The van der Waals surface area contributed by atoms with Crippen molar-refractivity contribution in [3.05, 3.63) is 83.9 Å². The molecule has 0 bridgehead atoms. The first kappa shape index (κ1) is 21.7. The van der Waals surface area contributed by atoms with E-state index in [0.717, 1.165) is 36.9 Å². The lowest BCUT2D eigenvalue weighted by atomic mass is 10.1. The van der Waals surface area contributed by atoms with Crippen LogP contribution in [0.4, 0.5) is 5.69 Å². The van der Waals surface area contributed by atoms with E-state index in [1.165, 1.54) is 0 Å². The van der Waals surface area contributed by atoms with Gasteiger partial charge >= 0.3 is 0 Å². The molecule has 1 aliphatic heterocycles. The van der Waals surface area contributed by atoms with E-state index in [1.807, 2.05) is 42.5 Å². The van der Waals surface area contributed by atoms with E-state index in [0.29, 0.717) is 30.0 Å². The number of nitrogens with one attached hydrogen (secondary N) is 1. The van der Waals surface area contributed by atoms with Gasteiger partial charge in [-0.1, -0.05) is 43.2 Å². The molecule has 1 fully saturated rings. The van der Waals surface area contributed by atoms with Crippen LogP contribution < -0.4 is 14.4 Å². The van der Waals surface area contributed by atoms with E-state index in [4.69, 9.17) is 4.74 Å². The molecule has 7 heteroatoms. The average Bonchev–Trinajstić information content (AvgIpc) is 3.49. The van der Waals surface area contributed by atoms with Gasteiger partial charge in [-0.15, -0.1) is 0 Å². The maximum Gasteiger partial charge on any atom is 0.262 e. The predicted molar refractivity (Wildman–Crippen MR) is 127 cm³/mol. The van der Waals surface area contributed by atoms with E-state index in [9.17, 15) is 13.2 Å². The molecule has 1 saturated carbocycles. The Bertz CT molecular complexity index is 1270. The molecule has 0 spiro atoms. The number of hydrogen-bond donors (Lipinski definition) is 1. The molecule has 1 aliphatic carbocycles. The number of hydrogen-bond acceptors (Lipinski definition) is 4. The second-order valence-corrected chi connectivity index (χ2v) is 10.2. The Hall–Kier alpha value is -3.16. The summed E-state index contributed by atoms with van der Waals surface area (Å²) in [5.41, 5.74) is 2.07. The molecule has 3 aromatic rings. The van der Waals surface area contributed by atoms with Crippen LogP contribution >= 0.6 is 0 Å². The SMILES string of the molecule is O=C(c1ccccc1Oc1ccccc1)N1CCc2cc(S(=O)(=O)NC3CCCC3)ccc21. The Balaban J connectivity index is 1.38. The van der Waals surface area contributed by atoms with Crippen LogP contribution in [0.15, 0.2) is 77.7 Å². The highest BCUT2D eigenvalue weighted by atomic mass is 32.2. The number of anilines is 1. The standard InChI is InChI=1S/C26H26N2O4S/c29-26(23-12-6-7-13-25(23)32-21-10-2-1-3-11-21)28-17-16-19-18-22(14-15-24(19)28)33(30,31)27-20-8-4-5-9-20/h1-3,6-7,10-15,18,20,27H,4-5,8-9,16-17H2. The van der Waals surface area contributed by atoms with Gasteiger partial charge in [0.25, 0.3) is 5.91 Å². The summed E-state index contributed by atoms with van der Waals surface area (Å²) in [6.07, 6.45) is 4.50. The van der Waals surface area contributed by atoms with Crippen molar-refractivity contribution in [2.45, 2.75) is 43.0 Å². The van der Waals surface area contributed by atoms with Crippen LogP contribution in [-0.2, 0) is 16.4 Å². The highest BCUT2D eigenvalue weighted by Gasteiger charge is 2.30. The summed E-state index contributed by atoms with van der Waals surface area (Å²) >= 11 is 0. The Labute approximate surface area is 194 Å². The summed E-state index contributed by atoms with van der Waals surface area (Å²) in [4.78, 5) is 15.4. The van der Waals surface area contributed by atoms with Gasteiger partial charge in [-0.3, -0.25) is 4.79 Å². The van der Waals surface area contributed by atoms with E-state index < -0.39 is 10.0 Å². The molecule has 1 heterocycles. The van der Waals surface area contributed by atoms with Crippen molar-refractivity contribution in [2.24, 2.45) is 0 Å². The minimum Gasteiger partial charge on any atom is -0.457 e. The molecule has 1 N–H and O–H groups in total. The number of carbonyl (C=O) groups is 1. The number of fused-ring (bicyclic) bond motifs is 1. The van der Waals surface area contributed by atoms with Gasteiger partial charge < -0.3 is 9.64 Å². The second kappa shape index (κ2) is 9.00. The van der Waals surface area contributed by atoms with Crippen LogP contribution in [0.1, 0.15) is 41.6 Å². The number of para-hydroxylation sites is 2. The zero-order valence-electron chi connectivity index (χ0n) is 18.2. The molecule has 2 aliphatic rings. The first-order valence-corrected chi connectivity index (χ1v) is 12.8. The van der Waals surface area contributed by atoms with Crippen LogP contribution in [0.25, 0.3) is 0 Å². The van der Waals surface area contributed by atoms with Gasteiger partial charge in [0.1, 0.15) is 11.5 Å². The zero-order chi connectivity index (χ0) is 22.8. The van der Waals surface area contributed by atoms with Gasteiger partial charge in [0.15, 0.2) is 0 Å². The summed E-state index contributed by atoms with van der Waals surface area (Å²) in [7, 11) is -3.57. The van der Waals surface area contributed by atoms with Crippen LogP contribution in [0.5, 0.6) is 11.5 Å². The fraction of sp³-hybridized carbons (Fsp3) is 0.269. The zero-order valence-corrected chi connectivity index (χ0v) is 19.1. The molecule has 170 valence electrons.